The molecule has 0 aromatic heterocycles. The number of benzene rings is 2. The molecule has 1 atom stereocenters. The first-order valence-electron chi connectivity index (χ1n) is 5.95. The van der Waals surface area contributed by atoms with Crippen molar-refractivity contribution in [2.45, 2.75) is 13.0 Å². The van der Waals surface area contributed by atoms with E-state index in [9.17, 15) is 0 Å². The highest BCUT2D eigenvalue weighted by molar-refractivity contribution is 9.10. The van der Waals surface area contributed by atoms with Crippen LogP contribution in [-0.4, -0.2) is 7.11 Å². The van der Waals surface area contributed by atoms with Gasteiger partial charge in [0.2, 0.25) is 0 Å². The van der Waals surface area contributed by atoms with Gasteiger partial charge in [0.1, 0.15) is 5.75 Å². The van der Waals surface area contributed by atoms with E-state index in [1.54, 1.807) is 7.11 Å². The molecule has 2 aromatic rings. The summed E-state index contributed by atoms with van der Waals surface area (Å²) < 4.78 is 7.48. The highest BCUT2D eigenvalue weighted by Gasteiger charge is 2.09. The number of rotatable bonds is 4. The standard InChI is InChI=1S/C15H15Br2NO/c1-10(11-3-5-12(16)6-4-11)18-14-9-13(17)7-8-15(14)19-2/h3-10,18H,1-2H3. The zero-order valence-electron chi connectivity index (χ0n) is 10.8. The van der Waals surface area contributed by atoms with E-state index in [0.717, 1.165) is 20.4 Å². The number of hydrogen-bond donors (Lipinski definition) is 1. The minimum atomic E-state index is 0.205. The molecule has 0 spiro atoms. The summed E-state index contributed by atoms with van der Waals surface area (Å²) in [5.41, 5.74) is 2.21. The van der Waals surface area contributed by atoms with E-state index >= 15 is 0 Å². The van der Waals surface area contributed by atoms with Crippen LogP contribution in [0, 0.1) is 0 Å². The Hall–Kier alpha value is -1.00. The van der Waals surface area contributed by atoms with Gasteiger partial charge >= 0.3 is 0 Å². The maximum absolute atomic E-state index is 5.37. The third-order valence-electron chi connectivity index (χ3n) is 2.90. The Kier molecular flexibility index (Phi) is 4.88. The number of nitrogens with one attached hydrogen (secondary N) is 1. The lowest BCUT2D eigenvalue weighted by molar-refractivity contribution is 0.416. The molecule has 1 N–H and O–H groups in total. The summed E-state index contributed by atoms with van der Waals surface area (Å²) in [5.74, 6) is 0.840. The Morgan fingerprint density at radius 1 is 1.00 bits per heavy atom. The molecule has 0 aliphatic carbocycles. The Morgan fingerprint density at radius 3 is 2.26 bits per heavy atom. The molecule has 0 heterocycles. The Bertz CT molecular complexity index is 555. The molecule has 4 heteroatoms. The Morgan fingerprint density at radius 2 is 1.63 bits per heavy atom. The van der Waals surface area contributed by atoms with Crippen LogP contribution in [0.3, 0.4) is 0 Å². The quantitative estimate of drug-likeness (QED) is 0.762. The molecule has 2 rings (SSSR count). The molecule has 100 valence electrons. The second kappa shape index (κ2) is 6.44. The van der Waals surface area contributed by atoms with Gasteiger partial charge in [0.05, 0.1) is 12.8 Å². The highest BCUT2D eigenvalue weighted by atomic mass is 79.9. The fraction of sp³-hybridized carbons (Fsp3) is 0.200. The van der Waals surface area contributed by atoms with E-state index in [1.165, 1.54) is 5.56 Å². The third-order valence-corrected chi connectivity index (χ3v) is 3.93. The monoisotopic (exact) mass is 383 g/mol. The van der Waals surface area contributed by atoms with Crippen LogP contribution in [-0.2, 0) is 0 Å². The smallest absolute Gasteiger partial charge is 0.142 e. The summed E-state index contributed by atoms with van der Waals surface area (Å²) in [7, 11) is 1.68. The van der Waals surface area contributed by atoms with Gasteiger partial charge in [-0.2, -0.15) is 0 Å². The summed E-state index contributed by atoms with van der Waals surface area (Å²) in [6.07, 6.45) is 0. The molecule has 0 aliphatic rings. The lowest BCUT2D eigenvalue weighted by Crippen LogP contribution is -2.07. The van der Waals surface area contributed by atoms with Crippen molar-refractivity contribution in [2.75, 3.05) is 12.4 Å². The van der Waals surface area contributed by atoms with Crippen LogP contribution in [0.2, 0.25) is 0 Å². The molecule has 0 bridgehead atoms. The number of anilines is 1. The van der Waals surface area contributed by atoms with Gasteiger partial charge in [-0.15, -0.1) is 0 Å². The van der Waals surface area contributed by atoms with Gasteiger partial charge in [-0.3, -0.25) is 0 Å². The molecule has 19 heavy (non-hydrogen) atoms. The molecule has 1 unspecified atom stereocenters. The lowest BCUT2D eigenvalue weighted by Gasteiger charge is -2.18. The minimum absolute atomic E-state index is 0.205. The molecule has 0 saturated heterocycles. The predicted molar refractivity (Wildman–Crippen MR) is 86.9 cm³/mol. The predicted octanol–water partition coefficient (Wildman–Crippen LogP) is 5.39. The lowest BCUT2D eigenvalue weighted by atomic mass is 10.1. The maximum Gasteiger partial charge on any atom is 0.142 e. The van der Waals surface area contributed by atoms with E-state index in [2.05, 4.69) is 56.2 Å². The summed E-state index contributed by atoms with van der Waals surface area (Å²) in [5, 5.41) is 3.47. The van der Waals surface area contributed by atoms with Gasteiger partial charge in [-0.25, -0.2) is 0 Å². The number of halogens is 2. The molecule has 2 aromatic carbocycles. The van der Waals surface area contributed by atoms with Crippen molar-refractivity contribution < 1.29 is 4.74 Å². The van der Waals surface area contributed by atoms with Gasteiger partial charge in [-0.05, 0) is 42.8 Å². The van der Waals surface area contributed by atoms with Crippen molar-refractivity contribution in [2.24, 2.45) is 0 Å². The zero-order valence-corrected chi connectivity index (χ0v) is 14.0. The zero-order chi connectivity index (χ0) is 13.8. The SMILES string of the molecule is COc1ccc(Br)cc1NC(C)c1ccc(Br)cc1. The number of hydrogen-bond acceptors (Lipinski definition) is 2. The number of methoxy groups -OCH3 is 1. The van der Waals surface area contributed by atoms with Gasteiger partial charge in [0.25, 0.3) is 0 Å². The molecule has 0 amide bonds. The summed E-state index contributed by atoms with van der Waals surface area (Å²) >= 11 is 6.93. The highest BCUT2D eigenvalue weighted by Crippen LogP contribution is 2.31. The van der Waals surface area contributed by atoms with Gasteiger partial charge in [-0.1, -0.05) is 44.0 Å². The Balaban J connectivity index is 2.20. The van der Waals surface area contributed by atoms with Crippen LogP contribution in [0.4, 0.5) is 5.69 Å². The van der Waals surface area contributed by atoms with Crippen molar-refractivity contribution in [1.29, 1.82) is 0 Å². The van der Waals surface area contributed by atoms with Gasteiger partial charge in [0, 0.05) is 15.0 Å². The van der Waals surface area contributed by atoms with Crippen LogP contribution in [0.5, 0.6) is 5.75 Å². The van der Waals surface area contributed by atoms with Crippen LogP contribution >= 0.6 is 31.9 Å². The van der Waals surface area contributed by atoms with Gasteiger partial charge < -0.3 is 10.1 Å². The second-order valence-electron chi connectivity index (χ2n) is 4.26. The average Bonchev–Trinajstić information content (AvgIpc) is 2.39. The first-order chi connectivity index (χ1) is 9.10. The molecule has 0 radical (unpaired) electrons. The van der Waals surface area contributed by atoms with Crippen molar-refractivity contribution in [3.63, 3.8) is 0 Å². The molecule has 2 nitrogen and oxygen atoms in total. The topological polar surface area (TPSA) is 21.3 Å². The van der Waals surface area contributed by atoms with E-state index in [1.807, 2.05) is 30.3 Å². The summed E-state index contributed by atoms with van der Waals surface area (Å²) in [6, 6.07) is 14.4. The van der Waals surface area contributed by atoms with Gasteiger partial charge in [0.15, 0.2) is 0 Å². The molecular formula is C15H15Br2NO. The van der Waals surface area contributed by atoms with Crippen molar-refractivity contribution in [3.8, 4) is 5.75 Å². The van der Waals surface area contributed by atoms with E-state index in [-0.39, 0.29) is 6.04 Å². The summed E-state index contributed by atoms with van der Waals surface area (Å²) in [4.78, 5) is 0. The number of ether oxygens (including phenoxy) is 1. The normalized spacial score (nSPS) is 12.0. The van der Waals surface area contributed by atoms with E-state index < -0.39 is 0 Å². The molecular weight excluding hydrogens is 370 g/mol. The first-order valence-corrected chi connectivity index (χ1v) is 7.54. The van der Waals surface area contributed by atoms with E-state index in [4.69, 9.17) is 4.74 Å². The second-order valence-corrected chi connectivity index (χ2v) is 6.09. The molecule has 0 aliphatic heterocycles. The third kappa shape index (κ3) is 3.74. The molecule has 0 saturated carbocycles. The summed E-state index contributed by atoms with van der Waals surface area (Å²) in [6.45, 7) is 2.13. The van der Waals surface area contributed by atoms with Crippen molar-refractivity contribution >= 4 is 37.5 Å². The van der Waals surface area contributed by atoms with Crippen LogP contribution in [0.15, 0.2) is 51.4 Å². The largest absolute Gasteiger partial charge is 0.495 e. The average molecular weight is 385 g/mol. The Labute approximate surface area is 130 Å². The van der Waals surface area contributed by atoms with Crippen LogP contribution < -0.4 is 10.1 Å². The van der Waals surface area contributed by atoms with Crippen molar-refractivity contribution in [3.05, 3.63) is 57.0 Å². The minimum Gasteiger partial charge on any atom is -0.495 e. The van der Waals surface area contributed by atoms with E-state index in [0.29, 0.717) is 0 Å². The first kappa shape index (κ1) is 14.4. The van der Waals surface area contributed by atoms with Crippen LogP contribution in [0.1, 0.15) is 18.5 Å². The fourth-order valence-corrected chi connectivity index (χ4v) is 2.49. The van der Waals surface area contributed by atoms with Crippen LogP contribution in [0.25, 0.3) is 0 Å². The fourth-order valence-electron chi connectivity index (χ4n) is 1.86. The maximum atomic E-state index is 5.37. The van der Waals surface area contributed by atoms with Crippen molar-refractivity contribution in [1.82, 2.24) is 0 Å². The molecule has 0 fully saturated rings.